The lowest BCUT2D eigenvalue weighted by Gasteiger charge is -2.12. The van der Waals surface area contributed by atoms with Gasteiger partial charge in [0.05, 0.1) is 5.56 Å². The van der Waals surface area contributed by atoms with Gasteiger partial charge in [-0.05, 0) is 36.4 Å². The van der Waals surface area contributed by atoms with Crippen molar-refractivity contribution in [2.75, 3.05) is 13.2 Å². The molecule has 2 rings (SSSR count). The van der Waals surface area contributed by atoms with Crippen molar-refractivity contribution in [3.63, 3.8) is 0 Å². The maximum absolute atomic E-state index is 5.69. The van der Waals surface area contributed by atoms with Crippen molar-refractivity contribution in [3.05, 3.63) is 57.0 Å². The highest BCUT2D eigenvalue weighted by Gasteiger charge is 2.07. The number of benzene rings is 2. The van der Waals surface area contributed by atoms with E-state index in [0.717, 1.165) is 14.7 Å². The van der Waals surface area contributed by atoms with Gasteiger partial charge < -0.3 is 15.2 Å². The topological polar surface area (TPSA) is 44.5 Å². The molecule has 110 valence electrons. The van der Waals surface area contributed by atoms with Gasteiger partial charge >= 0.3 is 0 Å². The van der Waals surface area contributed by atoms with Crippen molar-refractivity contribution >= 4 is 49.1 Å². The van der Waals surface area contributed by atoms with E-state index in [1.165, 1.54) is 0 Å². The molecule has 2 N–H and O–H groups in total. The summed E-state index contributed by atoms with van der Waals surface area (Å²) in [4.78, 5) is 0.305. The zero-order chi connectivity index (χ0) is 15.2. The van der Waals surface area contributed by atoms with Gasteiger partial charge in [0.2, 0.25) is 0 Å². The number of thiocarbonyl (C=S) groups is 1. The van der Waals surface area contributed by atoms with Crippen LogP contribution < -0.4 is 15.2 Å². The molecule has 3 nitrogen and oxygen atoms in total. The molecule has 0 atom stereocenters. The molecule has 0 saturated heterocycles. The second kappa shape index (κ2) is 7.77. The molecule has 0 aliphatic heterocycles. The van der Waals surface area contributed by atoms with Crippen molar-refractivity contribution in [2.45, 2.75) is 0 Å². The number of rotatable bonds is 6. The first-order valence-electron chi connectivity index (χ1n) is 6.17. The number of hydrogen-bond donors (Lipinski definition) is 1. The average molecular weight is 431 g/mol. The normalized spacial score (nSPS) is 10.2. The summed E-state index contributed by atoms with van der Waals surface area (Å²) in [5, 5.41) is 0. The van der Waals surface area contributed by atoms with E-state index in [4.69, 9.17) is 27.4 Å². The summed E-state index contributed by atoms with van der Waals surface area (Å²) in [6.07, 6.45) is 0. The van der Waals surface area contributed by atoms with Crippen LogP contribution in [0.2, 0.25) is 0 Å². The Kier molecular flexibility index (Phi) is 6.02. The van der Waals surface area contributed by atoms with Gasteiger partial charge in [-0.3, -0.25) is 0 Å². The molecule has 0 saturated carbocycles. The summed E-state index contributed by atoms with van der Waals surface area (Å²) in [6, 6.07) is 13.2. The third kappa shape index (κ3) is 4.98. The smallest absolute Gasteiger partial charge is 0.129 e. The molecule has 0 spiro atoms. The van der Waals surface area contributed by atoms with Crippen LogP contribution in [0.3, 0.4) is 0 Å². The summed E-state index contributed by atoms with van der Waals surface area (Å²) in [5.74, 6) is 1.45. The Morgan fingerprint density at radius 1 is 1.00 bits per heavy atom. The first-order valence-corrected chi connectivity index (χ1v) is 8.16. The molecule has 0 aliphatic carbocycles. The van der Waals surface area contributed by atoms with Crippen LogP contribution in [0.25, 0.3) is 0 Å². The molecule has 0 aromatic heterocycles. The van der Waals surface area contributed by atoms with Gasteiger partial charge in [0.25, 0.3) is 0 Å². The van der Waals surface area contributed by atoms with E-state index in [2.05, 4.69) is 31.9 Å². The third-order valence-corrected chi connectivity index (χ3v) is 3.82. The van der Waals surface area contributed by atoms with Crippen LogP contribution in [-0.4, -0.2) is 18.2 Å². The molecule has 0 heterocycles. The number of ether oxygens (including phenoxy) is 2. The van der Waals surface area contributed by atoms with E-state index in [0.29, 0.717) is 29.5 Å². The minimum Gasteiger partial charge on any atom is -0.490 e. The summed E-state index contributed by atoms with van der Waals surface area (Å²) in [6.45, 7) is 0.840. The lowest BCUT2D eigenvalue weighted by molar-refractivity contribution is 0.217. The Hall–Kier alpha value is -1.11. The first-order chi connectivity index (χ1) is 10.1. The van der Waals surface area contributed by atoms with Crippen molar-refractivity contribution in [3.8, 4) is 11.5 Å². The molecule has 0 amide bonds. The molecule has 0 fully saturated rings. The van der Waals surface area contributed by atoms with Crippen LogP contribution in [-0.2, 0) is 0 Å². The van der Waals surface area contributed by atoms with E-state index in [1.807, 2.05) is 42.5 Å². The number of hydrogen-bond acceptors (Lipinski definition) is 3. The summed E-state index contributed by atoms with van der Waals surface area (Å²) < 4.78 is 13.2. The van der Waals surface area contributed by atoms with E-state index in [-0.39, 0.29) is 0 Å². The first kappa shape index (κ1) is 16.3. The monoisotopic (exact) mass is 429 g/mol. The lowest BCUT2D eigenvalue weighted by Crippen LogP contribution is -2.14. The average Bonchev–Trinajstić information content (AvgIpc) is 2.44. The van der Waals surface area contributed by atoms with Crippen molar-refractivity contribution in [1.29, 1.82) is 0 Å². The Bertz CT molecular complexity index is 649. The molecular weight excluding hydrogens is 418 g/mol. The minimum absolute atomic E-state index is 0.305. The third-order valence-electron chi connectivity index (χ3n) is 2.61. The van der Waals surface area contributed by atoms with Crippen molar-refractivity contribution in [1.82, 2.24) is 0 Å². The van der Waals surface area contributed by atoms with Gasteiger partial charge in [0.15, 0.2) is 0 Å². The predicted molar refractivity (Wildman–Crippen MR) is 95.2 cm³/mol. The fourth-order valence-electron chi connectivity index (χ4n) is 1.69. The highest BCUT2D eigenvalue weighted by Crippen LogP contribution is 2.23. The molecule has 2 aromatic carbocycles. The van der Waals surface area contributed by atoms with Gasteiger partial charge in [-0.25, -0.2) is 0 Å². The van der Waals surface area contributed by atoms with Gasteiger partial charge in [0, 0.05) is 8.95 Å². The van der Waals surface area contributed by atoms with Gasteiger partial charge in [-0.2, -0.15) is 0 Å². The van der Waals surface area contributed by atoms with Gasteiger partial charge in [-0.15, -0.1) is 0 Å². The molecule has 21 heavy (non-hydrogen) atoms. The van der Waals surface area contributed by atoms with E-state index < -0.39 is 0 Å². The second-order valence-electron chi connectivity index (χ2n) is 4.16. The fourth-order valence-corrected chi connectivity index (χ4v) is 2.59. The maximum Gasteiger partial charge on any atom is 0.129 e. The summed E-state index contributed by atoms with van der Waals surface area (Å²) in [5.41, 5.74) is 6.40. The Balaban J connectivity index is 1.90. The number of halogens is 2. The SMILES string of the molecule is NC(=S)c1cc(Br)ccc1OCCOc1cccc(Br)c1. The minimum atomic E-state index is 0.305. The Labute approximate surface area is 145 Å². The van der Waals surface area contributed by atoms with Crippen LogP contribution in [0.5, 0.6) is 11.5 Å². The largest absolute Gasteiger partial charge is 0.490 e. The zero-order valence-corrected chi connectivity index (χ0v) is 15.0. The fraction of sp³-hybridized carbons (Fsp3) is 0.133. The standard InChI is InChI=1S/C15H13Br2NO2S/c16-10-2-1-3-12(8-10)19-6-7-20-14-5-4-11(17)9-13(14)15(18)21/h1-5,8-9H,6-7H2,(H2,18,21). The quantitative estimate of drug-likeness (QED) is 0.548. The molecular formula is C15H13Br2NO2S. The predicted octanol–water partition coefficient (Wildman–Crippen LogP) is 4.30. The zero-order valence-electron chi connectivity index (χ0n) is 11.0. The Morgan fingerprint density at radius 2 is 1.71 bits per heavy atom. The molecule has 6 heteroatoms. The van der Waals surface area contributed by atoms with Gasteiger partial charge in [0.1, 0.15) is 29.7 Å². The summed E-state index contributed by atoms with van der Waals surface area (Å²) >= 11 is 11.8. The number of nitrogens with two attached hydrogens (primary N) is 1. The van der Waals surface area contributed by atoms with Crippen molar-refractivity contribution in [2.24, 2.45) is 5.73 Å². The van der Waals surface area contributed by atoms with E-state index in [1.54, 1.807) is 0 Å². The Morgan fingerprint density at radius 3 is 2.43 bits per heavy atom. The molecule has 0 bridgehead atoms. The molecule has 0 radical (unpaired) electrons. The molecule has 0 aliphatic rings. The summed E-state index contributed by atoms with van der Waals surface area (Å²) in [7, 11) is 0. The van der Waals surface area contributed by atoms with E-state index >= 15 is 0 Å². The highest BCUT2D eigenvalue weighted by molar-refractivity contribution is 9.10. The highest BCUT2D eigenvalue weighted by atomic mass is 79.9. The van der Waals surface area contributed by atoms with Crippen LogP contribution in [0.1, 0.15) is 5.56 Å². The second-order valence-corrected chi connectivity index (χ2v) is 6.43. The maximum atomic E-state index is 5.69. The lowest BCUT2D eigenvalue weighted by atomic mass is 10.2. The van der Waals surface area contributed by atoms with Crippen LogP contribution in [0, 0.1) is 0 Å². The van der Waals surface area contributed by atoms with Crippen LogP contribution >= 0.6 is 44.1 Å². The molecule has 2 aromatic rings. The van der Waals surface area contributed by atoms with Crippen molar-refractivity contribution < 1.29 is 9.47 Å². The van der Waals surface area contributed by atoms with Crippen LogP contribution in [0.4, 0.5) is 0 Å². The van der Waals surface area contributed by atoms with Gasteiger partial charge in [-0.1, -0.05) is 50.1 Å². The van der Waals surface area contributed by atoms with E-state index in [9.17, 15) is 0 Å². The molecule has 0 unspecified atom stereocenters. The van der Waals surface area contributed by atoms with Crippen LogP contribution in [0.15, 0.2) is 51.4 Å².